The Morgan fingerprint density at radius 2 is 2.27 bits per heavy atom. The molecule has 3 heteroatoms. The molecule has 3 N–H and O–H groups in total. The third-order valence-corrected chi connectivity index (χ3v) is 2.54. The van der Waals surface area contributed by atoms with Gasteiger partial charge in [0.05, 0.1) is 6.54 Å². The largest absolute Gasteiger partial charge is 0.508 e. The number of ketones is 1. The van der Waals surface area contributed by atoms with Gasteiger partial charge in [-0.15, -0.1) is 0 Å². The first-order chi connectivity index (χ1) is 7.17. The monoisotopic (exact) mass is 207 g/mol. The van der Waals surface area contributed by atoms with Crippen LogP contribution in [0.5, 0.6) is 5.75 Å². The van der Waals surface area contributed by atoms with E-state index in [2.05, 4.69) is 0 Å². The molecule has 3 nitrogen and oxygen atoms in total. The molecule has 0 aliphatic heterocycles. The average Bonchev–Trinajstić information content (AvgIpc) is 2.25. The summed E-state index contributed by atoms with van der Waals surface area (Å²) in [6.45, 7) is 2.12. The maximum absolute atomic E-state index is 11.3. The number of hydrogen-bond donors (Lipinski definition) is 2. The predicted octanol–water partition coefficient (Wildman–Crippen LogP) is 1.80. The number of benzene rings is 1. The second-order valence-corrected chi connectivity index (χ2v) is 3.65. The van der Waals surface area contributed by atoms with Gasteiger partial charge in [0.1, 0.15) is 11.5 Å². The molecule has 0 aromatic heterocycles. The smallest absolute Gasteiger partial charge is 0.147 e. The first kappa shape index (κ1) is 11.7. The van der Waals surface area contributed by atoms with Crippen molar-refractivity contribution < 1.29 is 9.90 Å². The van der Waals surface area contributed by atoms with E-state index in [9.17, 15) is 9.90 Å². The van der Waals surface area contributed by atoms with Gasteiger partial charge in [-0.25, -0.2) is 0 Å². The van der Waals surface area contributed by atoms with E-state index >= 15 is 0 Å². The number of rotatable bonds is 5. The number of carbonyl (C=O) groups is 1. The SMILES string of the molecule is CCC(CC(=O)CN)c1cccc(O)c1. The second-order valence-electron chi connectivity index (χ2n) is 3.65. The van der Waals surface area contributed by atoms with Crippen molar-refractivity contribution in [3.05, 3.63) is 29.8 Å². The molecule has 0 heterocycles. The number of Topliss-reactive ketones (excluding diaryl/α,β-unsaturated/α-hetero) is 1. The minimum absolute atomic E-state index is 0.0604. The number of phenols is 1. The molecule has 0 bridgehead atoms. The molecule has 0 saturated heterocycles. The molecule has 1 atom stereocenters. The summed E-state index contributed by atoms with van der Waals surface area (Å²) >= 11 is 0. The van der Waals surface area contributed by atoms with Gasteiger partial charge >= 0.3 is 0 Å². The quantitative estimate of drug-likeness (QED) is 0.773. The van der Waals surface area contributed by atoms with E-state index in [0.29, 0.717) is 6.42 Å². The molecule has 0 fully saturated rings. The summed E-state index contributed by atoms with van der Waals surface area (Å²) in [5.41, 5.74) is 6.28. The number of nitrogens with two attached hydrogens (primary N) is 1. The number of carbonyl (C=O) groups excluding carboxylic acids is 1. The Kier molecular flexibility index (Phi) is 4.31. The van der Waals surface area contributed by atoms with Crippen molar-refractivity contribution in [1.82, 2.24) is 0 Å². The van der Waals surface area contributed by atoms with Gasteiger partial charge in [-0.1, -0.05) is 19.1 Å². The van der Waals surface area contributed by atoms with E-state index in [4.69, 9.17) is 5.73 Å². The van der Waals surface area contributed by atoms with E-state index in [1.54, 1.807) is 18.2 Å². The zero-order valence-electron chi connectivity index (χ0n) is 8.94. The van der Waals surface area contributed by atoms with Gasteiger partial charge in [0, 0.05) is 6.42 Å². The van der Waals surface area contributed by atoms with Gasteiger partial charge in [0.25, 0.3) is 0 Å². The highest BCUT2D eigenvalue weighted by Crippen LogP contribution is 2.25. The average molecular weight is 207 g/mol. The molecule has 1 rings (SSSR count). The minimum Gasteiger partial charge on any atom is -0.508 e. The van der Waals surface area contributed by atoms with Crippen LogP contribution >= 0.6 is 0 Å². The van der Waals surface area contributed by atoms with Crippen molar-refractivity contribution >= 4 is 5.78 Å². The molecule has 0 amide bonds. The number of phenolic OH excluding ortho intramolecular Hbond substituents is 1. The van der Waals surface area contributed by atoms with Crippen LogP contribution in [0.15, 0.2) is 24.3 Å². The molecule has 1 aromatic rings. The predicted molar refractivity (Wildman–Crippen MR) is 59.8 cm³/mol. The van der Waals surface area contributed by atoms with E-state index < -0.39 is 0 Å². The van der Waals surface area contributed by atoms with E-state index in [-0.39, 0.29) is 24.0 Å². The van der Waals surface area contributed by atoms with Crippen molar-refractivity contribution in [3.63, 3.8) is 0 Å². The third kappa shape index (κ3) is 3.36. The van der Waals surface area contributed by atoms with Gasteiger partial charge in [-0.2, -0.15) is 0 Å². The van der Waals surface area contributed by atoms with Gasteiger partial charge < -0.3 is 10.8 Å². The molecule has 15 heavy (non-hydrogen) atoms. The molecule has 1 aromatic carbocycles. The molecule has 0 radical (unpaired) electrons. The Labute approximate surface area is 89.9 Å². The molecular weight excluding hydrogens is 190 g/mol. The minimum atomic E-state index is 0.0604. The lowest BCUT2D eigenvalue weighted by atomic mass is 9.91. The van der Waals surface area contributed by atoms with Crippen LogP contribution in [0, 0.1) is 0 Å². The lowest BCUT2D eigenvalue weighted by Crippen LogP contribution is -2.16. The fraction of sp³-hybridized carbons (Fsp3) is 0.417. The summed E-state index contributed by atoms with van der Waals surface area (Å²) in [4.78, 5) is 11.3. The highest BCUT2D eigenvalue weighted by Gasteiger charge is 2.13. The van der Waals surface area contributed by atoms with Gasteiger partial charge in [-0.3, -0.25) is 4.79 Å². The third-order valence-electron chi connectivity index (χ3n) is 2.54. The second kappa shape index (κ2) is 5.51. The van der Waals surface area contributed by atoms with Crippen LogP contribution in [0.3, 0.4) is 0 Å². The van der Waals surface area contributed by atoms with Gasteiger partial charge in [0.15, 0.2) is 0 Å². The standard InChI is InChI=1S/C12H17NO2/c1-2-9(6-12(15)8-13)10-4-3-5-11(14)7-10/h3-5,7,9,14H,2,6,8,13H2,1H3. The normalized spacial score (nSPS) is 12.4. The van der Waals surface area contributed by atoms with Crippen LogP contribution in [0.1, 0.15) is 31.2 Å². The highest BCUT2D eigenvalue weighted by atomic mass is 16.3. The zero-order chi connectivity index (χ0) is 11.3. The fourth-order valence-corrected chi connectivity index (χ4v) is 1.63. The summed E-state index contributed by atoms with van der Waals surface area (Å²) in [5.74, 6) is 0.462. The van der Waals surface area contributed by atoms with Gasteiger partial charge in [-0.05, 0) is 30.0 Å². The van der Waals surface area contributed by atoms with Crippen LogP contribution < -0.4 is 5.73 Å². The zero-order valence-corrected chi connectivity index (χ0v) is 8.94. The maximum atomic E-state index is 11.3. The summed E-state index contributed by atoms with van der Waals surface area (Å²) < 4.78 is 0. The van der Waals surface area contributed by atoms with Crippen molar-refractivity contribution in [2.45, 2.75) is 25.7 Å². The van der Waals surface area contributed by atoms with E-state index in [0.717, 1.165) is 12.0 Å². The summed E-state index contributed by atoms with van der Waals surface area (Å²) in [5, 5.41) is 9.34. The lowest BCUT2D eigenvalue weighted by Gasteiger charge is -2.14. The van der Waals surface area contributed by atoms with Crippen LogP contribution in [0.4, 0.5) is 0 Å². The fourth-order valence-electron chi connectivity index (χ4n) is 1.63. The highest BCUT2D eigenvalue weighted by molar-refractivity contribution is 5.81. The Morgan fingerprint density at radius 3 is 2.80 bits per heavy atom. The lowest BCUT2D eigenvalue weighted by molar-refractivity contribution is -0.118. The van der Waals surface area contributed by atoms with Gasteiger partial charge in [0.2, 0.25) is 0 Å². The van der Waals surface area contributed by atoms with E-state index in [1.807, 2.05) is 13.0 Å². The van der Waals surface area contributed by atoms with Crippen LogP contribution in [-0.4, -0.2) is 17.4 Å². The van der Waals surface area contributed by atoms with Crippen molar-refractivity contribution in [3.8, 4) is 5.75 Å². The number of hydrogen-bond acceptors (Lipinski definition) is 3. The molecule has 0 aliphatic rings. The van der Waals surface area contributed by atoms with Crippen LogP contribution in [0.25, 0.3) is 0 Å². The summed E-state index contributed by atoms with van der Waals surface area (Å²) in [7, 11) is 0. The van der Waals surface area contributed by atoms with Crippen molar-refractivity contribution in [2.75, 3.05) is 6.54 Å². The van der Waals surface area contributed by atoms with Crippen LogP contribution in [-0.2, 0) is 4.79 Å². The molecule has 0 saturated carbocycles. The number of aromatic hydroxyl groups is 1. The molecular formula is C12H17NO2. The molecule has 0 aliphatic carbocycles. The van der Waals surface area contributed by atoms with Crippen LogP contribution in [0.2, 0.25) is 0 Å². The topological polar surface area (TPSA) is 63.3 Å². The summed E-state index contributed by atoms with van der Waals surface area (Å²) in [6, 6.07) is 7.05. The van der Waals surface area contributed by atoms with Crippen molar-refractivity contribution in [2.24, 2.45) is 5.73 Å². The molecule has 0 spiro atoms. The Bertz CT molecular complexity index is 336. The summed E-state index contributed by atoms with van der Waals surface area (Å²) in [6.07, 6.45) is 1.33. The Morgan fingerprint density at radius 1 is 1.53 bits per heavy atom. The van der Waals surface area contributed by atoms with Crippen molar-refractivity contribution in [1.29, 1.82) is 0 Å². The van der Waals surface area contributed by atoms with E-state index in [1.165, 1.54) is 0 Å². The maximum Gasteiger partial charge on any atom is 0.147 e. The Hall–Kier alpha value is -1.35. The first-order valence-corrected chi connectivity index (χ1v) is 5.18. The first-order valence-electron chi connectivity index (χ1n) is 5.18. The molecule has 1 unspecified atom stereocenters. The molecule has 82 valence electrons. The Balaban J connectivity index is 2.78.